The minimum atomic E-state index is -0.938. The number of rotatable bonds is 1. The van der Waals surface area contributed by atoms with Crippen molar-refractivity contribution in [2.24, 2.45) is 5.73 Å². The number of primary amides is 1. The summed E-state index contributed by atoms with van der Waals surface area (Å²) in [4.78, 5) is 23.8. The van der Waals surface area contributed by atoms with Crippen molar-refractivity contribution in [3.05, 3.63) is 34.9 Å². The maximum atomic E-state index is 11.5. The third-order valence-electron chi connectivity index (χ3n) is 2.81. The number of amides is 2. The van der Waals surface area contributed by atoms with Gasteiger partial charge in [0.05, 0.1) is 13.2 Å². The maximum absolute atomic E-state index is 11.5. The molecule has 1 atom stereocenters. The second-order valence-corrected chi connectivity index (χ2v) is 4.46. The van der Waals surface area contributed by atoms with Crippen LogP contribution >= 0.6 is 11.6 Å². The molecule has 0 aromatic heterocycles. The van der Waals surface area contributed by atoms with E-state index < -0.39 is 11.8 Å². The van der Waals surface area contributed by atoms with Gasteiger partial charge in [-0.1, -0.05) is 23.7 Å². The van der Waals surface area contributed by atoms with E-state index in [0.29, 0.717) is 24.7 Å². The van der Waals surface area contributed by atoms with Crippen LogP contribution in [0.25, 0.3) is 0 Å². The van der Waals surface area contributed by atoms with Crippen molar-refractivity contribution in [1.82, 2.24) is 4.90 Å². The van der Waals surface area contributed by atoms with Crippen LogP contribution in [0.1, 0.15) is 11.7 Å². The number of benzene rings is 1. The van der Waals surface area contributed by atoms with E-state index in [0.717, 1.165) is 5.56 Å². The normalized spacial score (nSPS) is 19.6. The van der Waals surface area contributed by atoms with Crippen molar-refractivity contribution in [1.29, 1.82) is 0 Å². The Balaban J connectivity index is 2.09. The van der Waals surface area contributed by atoms with Gasteiger partial charge < -0.3 is 15.4 Å². The number of nitrogens with zero attached hydrogens (tertiary/aromatic N) is 1. The first-order chi connectivity index (χ1) is 8.58. The molecule has 0 bridgehead atoms. The smallest absolute Gasteiger partial charge is 0.311 e. The molecule has 5 nitrogen and oxygen atoms in total. The summed E-state index contributed by atoms with van der Waals surface area (Å²) in [5.74, 6) is -1.61. The minimum Gasteiger partial charge on any atom is -0.370 e. The Hall–Kier alpha value is -1.59. The number of morpholine rings is 1. The largest absolute Gasteiger partial charge is 0.370 e. The van der Waals surface area contributed by atoms with Crippen molar-refractivity contribution >= 4 is 23.4 Å². The van der Waals surface area contributed by atoms with E-state index in [9.17, 15) is 9.59 Å². The summed E-state index contributed by atoms with van der Waals surface area (Å²) < 4.78 is 5.57. The molecule has 2 N–H and O–H groups in total. The first kappa shape index (κ1) is 12.9. The Morgan fingerprint density at radius 2 is 2.00 bits per heavy atom. The van der Waals surface area contributed by atoms with E-state index in [-0.39, 0.29) is 6.10 Å². The lowest BCUT2D eigenvalue weighted by Gasteiger charge is -2.32. The van der Waals surface area contributed by atoms with Crippen LogP contribution in [-0.2, 0) is 14.3 Å². The van der Waals surface area contributed by atoms with E-state index in [1.807, 2.05) is 12.1 Å². The van der Waals surface area contributed by atoms with Gasteiger partial charge in [-0.2, -0.15) is 0 Å². The zero-order valence-corrected chi connectivity index (χ0v) is 10.4. The molecule has 0 radical (unpaired) electrons. The molecule has 1 aromatic rings. The molecule has 6 heteroatoms. The fourth-order valence-electron chi connectivity index (χ4n) is 1.87. The Morgan fingerprint density at radius 1 is 1.33 bits per heavy atom. The van der Waals surface area contributed by atoms with E-state index in [1.54, 1.807) is 12.1 Å². The van der Waals surface area contributed by atoms with Crippen molar-refractivity contribution in [3.63, 3.8) is 0 Å². The van der Waals surface area contributed by atoms with Crippen LogP contribution in [0.5, 0.6) is 0 Å². The predicted molar refractivity (Wildman–Crippen MR) is 65.9 cm³/mol. The van der Waals surface area contributed by atoms with Crippen LogP contribution in [0.2, 0.25) is 5.02 Å². The van der Waals surface area contributed by atoms with E-state index in [2.05, 4.69) is 0 Å². The molecule has 96 valence electrons. The van der Waals surface area contributed by atoms with Gasteiger partial charge in [-0.05, 0) is 17.7 Å². The Bertz CT molecular complexity index is 461. The number of halogens is 1. The summed E-state index contributed by atoms with van der Waals surface area (Å²) in [5.41, 5.74) is 5.90. The lowest BCUT2D eigenvalue weighted by molar-refractivity contribution is -0.149. The molecule has 1 fully saturated rings. The number of ether oxygens (including phenoxy) is 1. The van der Waals surface area contributed by atoms with Crippen LogP contribution in [0.15, 0.2) is 24.3 Å². The number of hydrogen-bond acceptors (Lipinski definition) is 3. The molecule has 1 saturated heterocycles. The highest BCUT2D eigenvalue weighted by molar-refractivity contribution is 6.34. The van der Waals surface area contributed by atoms with Crippen LogP contribution in [0.3, 0.4) is 0 Å². The third kappa shape index (κ3) is 2.80. The molecule has 2 amide bonds. The lowest BCUT2D eigenvalue weighted by atomic mass is 10.1. The highest BCUT2D eigenvalue weighted by atomic mass is 35.5. The van der Waals surface area contributed by atoms with Gasteiger partial charge in [0.25, 0.3) is 0 Å². The second kappa shape index (κ2) is 5.37. The average Bonchev–Trinajstić information content (AvgIpc) is 2.38. The first-order valence-corrected chi connectivity index (χ1v) is 5.91. The van der Waals surface area contributed by atoms with Crippen molar-refractivity contribution in [2.45, 2.75) is 6.10 Å². The number of carbonyl (C=O) groups is 2. The van der Waals surface area contributed by atoms with Crippen LogP contribution in [-0.4, -0.2) is 36.4 Å². The SMILES string of the molecule is NC(=O)C(=O)N1CCOC(c2ccc(Cl)cc2)C1. The molecular weight excluding hydrogens is 256 g/mol. The molecule has 0 aliphatic carbocycles. The number of hydrogen-bond donors (Lipinski definition) is 1. The monoisotopic (exact) mass is 268 g/mol. The van der Waals surface area contributed by atoms with Gasteiger partial charge in [0.2, 0.25) is 0 Å². The molecule has 1 aromatic carbocycles. The van der Waals surface area contributed by atoms with Crippen molar-refractivity contribution in [3.8, 4) is 0 Å². The molecule has 0 saturated carbocycles. The zero-order valence-electron chi connectivity index (χ0n) is 9.64. The van der Waals surface area contributed by atoms with Gasteiger partial charge in [0.1, 0.15) is 6.10 Å². The highest BCUT2D eigenvalue weighted by Crippen LogP contribution is 2.23. The molecule has 1 unspecified atom stereocenters. The second-order valence-electron chi connectivity index (χ2n) is 4.03. The zero-order chi connectivity index (χ0) is 13.1. The summed E-state index contributed by atoms with van der Waals surface area (Å²) in [6, 6.07) is 7.20. The topological polar surface area (TPSA) is 72.6 Å². The fourth-order valence-corrected chi connectivity index (χ4v) is 1.99. The molecule has 0 spiro atoms. The Kier molecular flexibility index (Phi) is 3.84. The highest BCUT2D eigenvalue weighted by Gasteiger charge is 2.27. The van der Waals surface area contributed by atoms with Crippen LogP contribution in [0, 0.1) is 0 Å². The molecule has 1 aliphatic rings. The first-order valence-electron chi connectivity index (χ1n) is 5.53. The lowest BCUT2D eigenvalue weighted by Crippen LogP contribution is -2.47. The van der Waals surface area contributed by atoms with Gasteiger partial charge in [0, 0.05) is 11.6 Å². The van der Waals surface area contributed by atoms with Crippen molar-refractivity contribution < 1.29 is 14.3 Å². The molecular formula is C12H13ClN2O3. The number of nitrogens with two attached hydrogens (primary N) is 1. The van der Waals surface area contributed by atoms with E-state index in [1.165, 1.54) is 4.90 Å². The van der Waals surface area contributed by atoms with Gasteiger partial charge in [-0.3, -0.25) is 9.59 Å². The molecule has 1 aliphatic heterocycles. The average molecular weight is 269 g/mol. The van der Waals surface area contributed by atoms with Gasteiger partial charge in [-0.15, -0.1) is 0 Å². The Morgan fingerprint density at radius 3 is 2.61 bits per heavy atom. The minimum absolute atomic E-state index is 0.251. The summed E-state index contributed by atoms with van der Waals surface area (Å²) in [6.07, 6.45) is -0.251. The number of carbonyl (C=O) groups excluding carboxylic acids is 2. The summed E-state index contributed by atoms with van der Waals surface area (Å²) >= 11 is 5.80. The maximum Gasteiger partial charge on any atom is 0.311 e. The summed E-state index contributed by atoms with van der Waals surface area (Å²) in [6.45, 7) is 1.08. The summed E-state index contributed by atoms with van der Waals surface area (Å²) in [7, 11) is 0. The van der Waals surface area contributed by atoms with Gasteiger partial charge in [0.15, 0.2) is 0 Å². The molecule has 2 rings (SSSR count). The molecule has 18 heavy (non-hydrogen) atoms. The standard InChI is InChI=1S/C12H13ClN2O3/c13-9-3-1-8(2-4-9)10-7-15(5-6-18-10)12(17)11(14)16/h1-4,10H,5-7H2,(H2,14,16). The fraction of sp³-hybridized carbons (Fsp3) is 0.333. The quantitative estimate of drug-likeness (QED) is 0.763. The van der Waals surface area contributed by atoms with Crippen LogP contribution < -0.4 is 5.73 Å². The molecule has 1 heterocycles. The predicted octanol–water partition coefficient (Wildman–Crippen LogP) is 0.725. The van der Waals surface area contributed by atoms with Gasteiger partial charge in [-0.25, -0.2) is 0 Å². The third-order valence-corrected chi connectivity index (χ3v) is 3.06. The van der Waals surface area contributed by atoms with E-state index >= 15 is 0 Å². The van der Waals surface area contributed by atoms with Crippen molar-refractivity contribution in [2.75, 3.05) is 19.7 Å². The van der Waals surface area contributed by atoms with Gasteiger partial charge >= 0.3 is 11.8 Å². The van der Waals surface area contributed by atoms with Crippen LogP contribution in [0.4, 0.5) is 0 Å². The van der Waals surface area contributed by atoms with E-state index in [4.69, 9.17) is 22.1 Å². The summed E-state index contributed by atoms with van der Waals surface area (Å²) in [5, 5.41) is 0.639. The Labute approximate surface area is 109 Å².